The number of hydrogen-bond acceptors (Lipinski definition) is 3. The molecule has 1 fully saturated rings. The van der Waals surface area contributed by atoms with Crippen molar-refractivity contribution in [3.05, 3.63) is 29.8 Å². The zero-order valence-corrected chi connectivity index (χ0v) is 11.8. The topological polar surface area (TPSA) is 52.6 Å². The van der Waals surface area contributed by atoms with Gasteiger partial charge in [-0.05, 0) is 37.9 Å². The first-order valence-corrected chi connectivity index (χ1v) is 7.19. The van der Waals surface area contributed by atoms with Crippen LogP contribution in [0, 0.1) is 11.6 Å². The lowest BCUT2D eigenvalue weighted by Crippen LogP contribution is -2.44. The summed E-state index contributed by atoms with van der Waals surface area (Å²) in [7, 11) is 0. The van der Waals surface area contributed by atoms with Crippen molar-refractivity contribution < 1.29 is 18.7 Å². The van der Waals surface area contributed by atoms with Crippen LogP contribution in [0.25, 0.3) is 0 Å². The maximum Gasteiger partial charge on any atom is 0.238 e. The van der Waals surface area contributed by atoms with Crippen molar-refractivity contribution in [1.29, 1.82) is 0 Å². The van der Waals surface area contributed by atoms with E-state index >= 15 is 0 Å². The average Bonchev–Trinajstić information content (AvgIpc) is 2.40. The number of amides is 1. The van der Waals surface area contributed by atoms with Crippen LogP contribution >= 0.6 is 0 Å². The first-order valence-electron chi connectivity index (χ1n) is 7.19. The normalized spacial score (nSPS) is 19.5. The Kier molecular flexibility index (Phi) is 5.64. The van der Waals surface area contributed by atoms with E-state index < -0.39 is 11.6 Å². The SMILES string of the molecule is O=C(CN1CCCCC1CCO)Nc1cc(F)cc(F)c1. The van der Waals surface area contributed by atoms with Crippen molar-refractivity contribution >= 4 is 11.6 Å². The second-order valence-electron chi connectivity index (χ2n) is 5.34. The molecule has 116 valence electrons. The summed E-state index contributed by atoms with van der Waals surface area (Å²) in [6, 6.07) is 3.13. The van der Waals surface area contributed by atoms with Gasteiger partial charge in [0.05, 0.1) is 6.54 Å². The third-order valence-corrected chi connectivity index (χ3v) is 3.70. The molecule has 0 saturated carbocycles. The summed E-state index contributed by atoms with van der Waals surface area (Å²) >= 11 is 0. The van der Waals surface area contributed by atoms with Crippen LogP contribution < -0.4 is 5.32 Å². The number of anilines is 1. The van der Waals surface area contributed by atoms with Gasteiger partial charge in [0.15, 0.2) is 0 Å². The van der Waals surface area contributed by atoms with Crippen LogP contribution in [-0.4, -0.2) is 41.7 Å². The van der Waals surface area contributed by atoms with E-state index in [0.29, 0.717) is 6.42 Å². The van der Waals surface area contributed by atoms with Crippen molar-refractivity contribution in [2.75, 3.05) is 25.0 Å². The van der Waals surface area contributed by atoms with Gasteiger partial charge in [-0.25, -0.2) is 8.78 Å². The molecular formula is C15H20F2N2O2. The Balaban J connectivity index is 1.93. The van der Waals surface area contributed by atoms with Crippen LogP contribution in [0.1, 0.15) is 25.7 Å². The van der Waals surface area contributed by atoms with E-state index in [1.807, 2.05) is 4.90 Å². The molecule has 1 aliphatic heterocycles. The fraction of sp³-hybridized carbons (Fsp3) is 0.533. The summed E-state index contributed by atoms with van der Waals surface area (Å²) in [5.41, 5.74) is 0.119. The van der Waals surface area contributed by atoms with E-state index in [1.165, 1.54) is 0 Å². The molecule has 1 aromatic rings. The standard InChI is InChI=1S/C15H20F2N2O2/c16-11-7-12(17)9-13(8-11)18-15(21)10-19-5-2-1-3-14(19)4-6-20/h7-9,14,20H,1-6,10H2,(H,18,21). The van der Waals surface area contributed by atoms with E-state index in [-0.39, 0.29) is 30.8 Å². The highest BCUT2D eigenvalue weighted by Gasteiger charge is 2.23. The smallest absolute Gasteiger partial charge is 0.238 e. The number of likely N-dealkylation sites (tertiary alicyclic amines) is 1. The molecule has 0 radical (unpaired) electrons. The fourth-order valence-corrected chi connectivity index (χ4v) is 2.76. The van der Waals surface area contributed by atoms with E-state index in [1.54, 1.807) is 0 Å². The molecule has 0 aromatic heterocycles. The number of piperidine rings is 1. The third kappa shape index (κ3) is 4.75. The summed E-state index contributed by atoms with van der Waals surface area (Å²) in [6.07, 6.45) is 3.71. The molecule has 21 heavy (non-hydrogen) atoms. The van der Waals surface area contributed by atoms with Crippen LogP contribution in [0.5, 0.6) is 0 Å². The average molecular weight is 298 g/mol. The Morgan fingerprint density at radius 3 is 2.67 bits per heavy atom. The van der Waals surface area contributed by atoms with E-state index in [9.17, 15) is 13.6 Å². The minimum absolute atomic E-state index is 0.0951. The molecule has 1 amide bonds. The highest BCUT2D eigenvalue weighted by Crippen LogP contribution is 2.19. The van der Waals surface area contributed by atoms with E-state index in [4.69, 9.17) is 5.11 Å². The molecule has 2 rings (SSSR count). The van der Waals surface area contributed by atoms with Gasteiger partial charge in [0.2, 0.25) is 5.91 Å². The highest BCUT2D eigenvalue weighted by molar-refractivity contribution is 5.92. The molecule has 6 heteroatoms. The number of nitrogens with zero attached hydrogens (tertiary/aromatic N) is 1. The van der Waals surface area contributed by atoms with Crippen LogP contribution in [-0.2, 0) is 4.79 Å². The van der Waals surface area contributed by atoms with Gasteiger partial charge in [-0.3, -0.25) is 9.69 Å². The minimum atomic E-state index is -0.721. The molecule has 1 heterocycles. The maximum absolute atomic E-state index is 13.1. The zero-order chi connectivity index (χ0) is 15.2. The summed E-state index contributed by atoms with van der Waals surface area (Å²) in [5, 5.41) is 11.6. The van der Waals surface area contributed by atoms with Gasteiger partial charge in [0, 0.05) is 24.4 Å². The number of aliphatic hydroxyl groups excluding tert-OH is 1. The van der Waals surface area contributed by atoms with Crippen molar-refractivity contribution in [2.45, 2.75) is 31.7 Å². The Bertz CT molecular complexity index is 474. The fourth-order valence-electron chi connectivity index (χ4n) is 2.76. The van der Waals surface area contributed by atoms with Crippen molar-refractivity contribution in [3.8, 4) is 0 Å². The molecule has 1 aliphatic rings. The number of benzene rings is 1. The van der Waals surface area contributed by atoms with Gasteiger partial charge < -0.3 is 10.4 Å². The maximum atomic E-state index is 13.1. The third-order valence-electron chi connectivity index (χ3n) is 3.70. The molecule has 0 bridgehead atoms. The van der Waals surface area contributed by atoms with Crippen LogP contribution in [0.15, 0.2) is 18.2 Å². The molecule has 2 N–H and O–H groups in total. The van der Waals surface area contributed by atoms with Crippen LogP contribution in [0.3, 0.4) is 0 Å². The predicted octanol–water partition coefficient (Wildman–Crippen LogP) is 2.14. The van der Waals surface area contributed by atoms with Crippen LogP contribution in [0.4, 0.5) is 14.5 Å². The van der Waals surface area contributed by atoms with Gasteiger partial charge in [-0.1, -0.05) is 6.42 Å². The first-order chi connectivity index (χ1) is 10.1. The van der Waals surface area contributed by atoms with Gasteiger partial charge in [-0.2, -0.15) is 0 Å². The Morgan fingerprint density at radius 2 is 2.00 bits per heavy atom. The first kappa shape index (κ1) is 15.9. The van der Waals surface area contributed by atoms with Gasteiger partial charge in [0.25, 0.3) is 0 Å². The number of halogens is 2. The summed E-state index contributed by atoms with van der Waals surface area (Å²) < 4.78 is 26.1. The summed E-state index contributed by atoms with van der Waals surface area (Å²) in [4.78, 5) is 14.0. The number of nitrogens with one attached hydrogen (secondary N) is 1. The summed E-state index contributed by atoms with van der Waals surface area (Å²) in [5.74, 6) is -1.74. The predicted molar refractivity (Wildman–Crippen MR) is 75.9 cm³/mol. The second kappa shape index (κ2) is 7.47. The quantitative estimate of drug-likeness (QED) is 0.875. The van der Waals surface area contributed by atoms with Crippen LogP contribution in [0.2, 0.25) is 0 Å². The van der Waals surface area contributed by atoms with E-state index in [0.717, 1.165) is 44.0 Å². The lowest BCUT2D eigenvalue weighted by Gasteiger charge is -2.34. The largest absolute Gasteiger partial charge is 0.396 e. The lowest BCUT2D eigenvalue weighted by atomic mass is 10.00. The minimum Gasteiger partial charge on any atom is -0.396 e. The molecule has 0 aliphatic carbocycles. The highest BCUT2D eigenvalue weighted by atomic mass is 19.1. The number of hydrogen-bond donors (Lipinski definition) is 2. The van der Waals surface area contributed by atoms with Gasteiger partial charge >= 0.3 is 0 Å². The van der Waals surface area contributed by atoms with Crippen molar-refractivity contribution in [2.24, 2.45) is 0 Å². The molecule has 1 atom stereocenters. The zero-order valence-electron chi connectivity index (χ0n) is 11.8. The monoisotopic (exact) mass is 298 g/mol. The van der Waals surface area contributed by atoms with Crippen molar-refractivity contribution in [3.63, 3.8) is 0 Å². The second-order valence-corrected chi connectivity index (χ2v) is 5.34. The van der Waals surface area contributed by atoms with Gasteiger partial charge in [-0.15, -0.1) is 0 Å². The number of aliphatic hydroxyl groups is 1. The molecule has 4 nitrogen and oxygen atoms in total. The molecule has 1 unspecified atom stereocenters. The van der Waals surface area contributed by atoms with Crippen molar-refractivity contribution in [1.82, 2.24) is 4.90 Å². The molecule has 1 aromatic carbocycles. The number of carbonyl (C=O) groups excluding carboxylic acids is 1. The Labute approximate surface area is 122 Å². The molecule has 1 saturated heterocycles. The summed E-state index contributed by atoms with van der Waals surface area (Å²) in [6.45, 7) is 1.07. The Morgan fingerprint density at radius 1 is 1.29 bits per heavy atom. The Hall–Kier alpha value is -1.53. The van der Waals surface area contributed by atoms with E-state index in [2.05, 4.69) is 5.32 Å². The van der Waals surface area contributed by atoms with Gasteiger partial charge in [0.1, 0.15) is 11.6 Å². The molecule has 0 spiro atoms. The molecular weight excluding hydrogens is 278 g/mol. The number of rotatable bonds is 5. The lowest BCUT2D eigenvalue weighted by molar-refractivity contribution is -0.118. The number of carbonyl (C=O) groups is 1.